The van der Waals surface area contributed by atoms with Crippen LogP contribution in [0.2, 0.25) is 0 Å². The van der Waals surface area contributed by atoms with E-state index < -0.39 is 35.2 Å². The minimum atomic E-state index is -1.43. The van der Waals surface area contributed by atoms with Crippen LogP contribution in [0.1, 0.15) is 16.6 Å². The summed E-state index contributed by atoms with van der Waals surface area (Å²) in [5.41, 5.74) is 6.85. The normalized spacial score (nSPS) is 20.4. The van der Waals surface area contributed by atoms with Gasteiger partial charge < -0.3 is 26.1 Å². The molecule has 2 aliphatic rings. The molecule has 2 unspecified atom stereocenters. The largest absolute Gasteiger partial charge is 1.00 e. The fourth-order valence-electron chi connectivity index (χ4n) is 3.34. The van der Waals surface area contributed by atoms with Gasteiger partial charge in [-0.3, -0.25) is 14.5 Å². The van der Waals surface area contributed by atoms with Gasteiger partial charge in [-0.15, -0.1) is 22.0 Å². The number of hydrogen-bond donors (Lipinski definition) is 3. The number of fused-ring (bicyclic) bond motifs is 1. The number of aliphatic carboxylic acids is 1. The molecule has 0 saturated carbocycles. The minimum absolute atomic E-state index is 0. The number of hydrogen-bond acceptors (Lipinski definition) is 11. The maximum Gasteiger partial charge on any atom is 1.00 e. The number of carboxylic acids is 1. The van der Waals surface area contributed by atoms with E-state index in [0.717, 1.165) is 5.01 Å². The van der Waals surface area contributed by atoms with Gasteiger partial charge in [0.15, 0.2) is 4.34 Å². The molecule has 0 aliphatic carbocycles. The number of carboxylic acid groups (broad SMARTS) is 1. The second-order valence-electron chi connectivity index (χ2n) is 7.08. The number of carbonyl (C=O) groups is 3. The van der Waals surface area contributed by atoms with E-state index >= 15 is 0 Å². The first-order valence-electron chi connectivity index (χ1n) is 9.42. The van der Waals surface area contributed by atoms with Gasteiger partial charge >= 0.3 is 29.6 Å². The van der Waals surface area contributed by atoms with E-state index in [1.807, 2.05) is 6.92 Å². The third-order valence-electron chi connectivity index (χ3n) is 4.95. The smallest absolute Gasteiger partial charge is 0.543 e. The Bertz CT molecular complexity index is 1110. The number of rotatable bonds is 7. The number of aryl methyl sites for hydroxylation is 1. The van der Waals surface area contributed by atoms with Crippen molar-refractivity contribution in [1.29, 1.82) is 0 Å². The van der Waals surface area contributed by atoms with Crippen LogP contribution >= 0.6 is 34.9 Å². The first-order valence-corrected chi connectivity index (χ1v) is 12.3. The van der Waals surface area contributed by atoms with Crippen LogP contribution in [0.15, 0.2) is 39.9 Å². The van der Waals surface area contributed by atoms with Crippen molar-refractivity contribution in [3.8, 4) is 5.75 Å². The maximum absolute atomic E-state index is 12.7. The van der Waals surface area contributed by atoms with E-state index in [1.54, 1.807) is 0 Å². The number of aromatic nitrogens is 2. The molecule has 0 radical (unpaired) electrons. The van der Waals surface area contributed by atoms with E-state index in [4.69, 9.17) is 5.73 Å². The average molecular weight is 516 g/mol. The van der Waals surface area contributed by atoms with Crippen LogP contribution in [-0.4, -0.2) is 60.9 Å². The molecule has 3 atom stereocenters. The number of phenols is 1. The minimum Gasteiger partial charge on any atom is -0.543 e. The zero-order valence-electron chi connectivity index (χ0n) is 17.7. The number of phenolic OH excluding ortho intramolecular Hbond substituents is 1. The molecular formula is C19H18N5NaO5S3. The molecule has 1 aromatic carbocycles. The van der Waals surface area contributed by atoms with Crippen molar-refractivity contribution in [2.45, 2.75) is 28.7 Å². The third-order valence-corrected chi connectivity index (χ3v) is 8.35. The number of nitrogens with zero attached hydrogens (tertiary/aromatic N) is 3. The quantitative estimate of drug-likeness (QED) is 0.194. The van der Waals surface area contributed by atoms with E-state index in [1.165, 1.54) is 64.0 Å². The molecule has 2 aromatic rings. The van der Waals surface area contributed by atoms with E-state index in [-0.39, 0.29) is 41.0 Å². The van der Waals surface area contributed by atoms with Crippen LogP contribution in [-0.2, 0) is 14.4 Å². The fraction of sp³-hybridized carbons (Fsp3) is 0.316. The monoisotopic (exact) mass is 515 g/mol. The molecule has 4 rings (SSSR count). The molecule has 14 heteroatoms. The van der Waals surface area contributed by atoms with Crippen LogP contribution in [0.5, 0.6) is 5.75 Å². The van der Waals surface area contributed by atoms with E-state index in [2.05, 4.69) is 15.5 Å². The number of β-lactam (4-membered cyclic amide) rings is 1. The van der Waals surface area contributed by atoms with Gasteiger partial charge in [0.05, 0.1) is 11.7 Å². The first kappa shape index (κ1) is 26.0. The van der Waals surface area contributed by atoms with Crippen molar-refractivity contribution in [2.75, 3.05) is 11.5 Å². The summed E-state index contributed by atoms with van der Waals surface area (Å²) in [6.45, 7) is 1.83. The molecule has 2 amide bonds. The number of carbonyl (C=O) groups excluding carboxylic acids is 3. The predicted molar refractivity (Wildman–Crippen MR) is 117 cm³/mol. The summed E-state index contributed by atoms with van der Waals surface area (Å²) >= 11 is 4.12. The Balaban J connectivity index is 0.00000306. The van der Waals surface area contributed by atoms with Crippen molar-refractivity contribution in [1.82, 2.24) is 20.4 Å². The van der Waals surface area contributed by atoms with Crippen LogP contribution in [0.25, 0.3) is 0 Å². The Morgan fingerprint density at radius 3 is 2.67 bits per heavy atom. The van der Waals surface area contributed by atoms with Crippen LogP contribution in [0, 0.1) is 6.92 Å². The van der Waals surface area contributed by atoms with Crippen molar-refractivity contribution >= 4 is 52.6 Å². The molecule has 0 bridgehead atoms. The van der Waals surface area contributed by atoms with Gasteiger partial charge in [-0.2, -0.15) is 0 Å². The zero-order chi connectivity index (χ0) is 23.0. The molecule has 33 heavy (non-hydrogen) atoms. The summed E-state index contributed by atoms with van der Waals surface area (Å²) < 4.78 is 0.711. The molecule has 4 N–H and O–H groups in total. The van der Waals surface area contributed by atoms with Crippen LogP contribution < -0.4 is 45.7 Å². The summed E-state index contributed by atoms with van der Waals surface area (Å²) in [4.78, 5) is 38.3. The van der Waals surface area contributed by atoms with Gasteiger partial charge in [-0.05, 0) is 30.2 Å². The van der Waals surface area contributed by atoms with Gasteiger partial charge in [0.1, 0.15) is 28.2 Å². The van der Waals surface area contributed by atoms with Crippen molar-refractivity contribution in [3.05, 3.63) is 46.1 Å². The van der Waals surface area contributed by atoms with E-state index in [0.29, 0.717) is 27.0 Å². The molecule has 1 fully saturated rings. The molecule has 2 aliphatic heterocycles. The number of aromatic hydroxyl groups is 1. The molecule has 10 nitrogen and oxygen atoms in total. The number of thioether (sulfide) groups is 2. The number of benzene rings is 1. The fourth-order valence-corrected chi connectivity index (χ4v) is 6.64. The average Bonchev–Trinajstić information content (AvgIpc) is 3.20. The van der Waals surface area contributed by atoms with Gasteiger partial charge in [-0.25, -0.2) is 0 Å². The van der Waals surface area contributed by atoms with Gasteiger partial charge in [0.25, 0.3) is 5.91 Å². The van der Waals surface area contributed by atoms with Crippen LogP contribution in [0.3, 0.4) is 0 Å². The molecule has 168 valence electrons. The maximum atomic E-state index is 12.7. The standard InChI is InChI=1S/C19H19N5O5S3.Na/c1-8-22-23-19(32-8)31-7-10-6-30-17-13(16(27)24(17)14(10)18(28)29)21-15(26)12(20)9-2-4-11(25)5-3-9;/h2-5,12-13,17,25H,6-7,20H2,1H3,(H,21,26)(H,28,29);/q;+1/p-1/t12?,13?,17-;/m0./s1. The summed E-state index contributed by atoms with van der Waals surface area (Å²) in [5.74, 6) is -1.77. The summed E-state index contributed by atoms with van der Waals surface area (Å²) in [6, 6.07) is 3.94. The van der Waals surface area contributed by atoms with Gasteiger partial charge in [0, 0.05) is 11.5 Å². The third kappa shape index (κ3) is 5.39. The Hall–Kier alpha value is -1.61. The number of amides is 2. The zero-order valence-corrected chi connectivity index (χ0v) is 22.1. The topological polar surface area (TPSA) is 162 Å². The SMILES string of the molecule is Cc1nnc(SCC2=C(C(=O)[O-])N3C(=O)C(NC(=O)C(N)c4ccc(O)cc4)[C@@H]3SC2)s1.[Na+]. The molecule has 1 saturated heterocycles. The second kappa shape index (κ2) is 10.8. The molecule has 3 heterocycles. The van der Waals surface area contributed by atoms with Crippen molar-refractivity contribution < 1.29 is 54.2 Å². The molecule has 0 spiro atoms. The van der Waals surface area contributed by atoms with Crippen molar-refractivity contribution in [2.24, 2.45) is 5.73 Å². The van der Waals surface area contributed by atoms with Crippen LogP contribution in [0.4, 0.5) is 0 Å². The van der Waals surface area contributed by atoms with Crippen molar-refractivity contribution in [3.63, 3.8) is 0 Å². The Morgan fingerprint density at radius 1 is 1.36 bits per heavy atom. The summed E-state index contributed by atoms with van der Waals surface area (Å²) in [6.07, 6.45) is 0. The Labute approximate surface area is 223 Å². The number of nitrogens with two attached hydrogens (primary N) is 1. The van der Waals surface area contributed by atoms with Gasteiger partial charge in [0.2, 0.25) is 5.91 Å². The van der Waals surface area contributed by atoms with Gasteiger partial charge in [-0.1, -0.05) is 35.2 Å². The summed E-state index contributed by atoms with van der Waals surface area (Å²) in [5, 5.41) is 32.0. The van der Waals surface area contributed by atoms with E-state index in [9.17, 15) is 24.6 Å². The first-order chi connectivity index (χ1) is 15.3. The Kier molecular flexibility index (Phi) is 8.48. The summed E-state index contributed by atoms with van der Waals surface area (Å²) in [7, 11) is 0. The molecule has 1 aromatic heterocycles. The second-order valence-corrected chi connectivity index (χ2v) is 10.6. The predicted octanol–water partition coefficient (Wildman–Crippen LogP) is -3.25. The Morgan fingerprint density at radius 2 is 2.06 bits per heavy atom. The molecular weight excluding hydrogens is 497 g/mol. The number of nitrogens with one attached hydrogen (secondary N) is 1.